The van der Waals surface area contributed by atoms with Crippen LogP contribution >= 0.6 is 0 Å². The van der Waals surface area contributed by atoms with Crippen molar-refractivity contribution in [1.29, 1.82) is 0 Å². The number of fused-ring (bicyclic) bond motifs is 1. The number of carbonyl (C=O) groups excluding carboxylic acids is 1. The molecule has 146 valence electrons. The van der Waals surface area contributed by atoms with Gasteiger partial charge in [0.1, 0.15) is 5.82 Å². The average molecular weight is 388 g/mol. The molecule has 0 unspecified atom stereocenters. The minimum Gasteiger partial charge on any atom is -0.334 e. The van der Waals surface area contributed by atoms with Crippen molar-refractivity contribution in [3.63, 3.8) is 0 Å². The van der Waals surface area contributed by atoms with Crippen LogP contribution in [-0.4, -0.2) is 30.6 Å². The quantitative estimate of drug-likeness (QED) is 0.544. The number of amides is 1. The van der Waals surface area contributed by atoms with Crippen molar-refractivity contribution in [3.05, 3.63) is 59.8 Å². The number of anilines is 1. The van der Waals surface area contributed by atoms with Crippen molar-refractivity contribution in [1.82, 2.24) is 24.7 Å². The summed E-state index contributed by atoms with van der Waals surface area (Å²) < 4.78 is 7.17. The van der Waals surface area contributed by atoms with E-state index in [0.29, 0.717) is 23.3 Å². The van der Waals surface area contributed by atoms with E-state index < -0.39 is 0 Å². The molecule has 8 nitrogen and oxygen atoms in total. The zero-order chi connectivity index (χ0) is 19.8. The number of hydrogen-bond acceptors (Lipinski definition) is 6. The summed E-state index contributed by atoms with van der Waals surface area (Å²) in [6.07, 6.45) is 5.12. The first kappa shape index (κ1) is 17.5. The molecule has 3 aromatic heterocycles. The largest absolute Gasteiger partial charge is 0.334 e. The second kappa shape index (κ2) is 7.12. The van der Waals surface area contributed by atoms with Crippen molar-refractivity contribution in [2.24, 2.45) is 0 Å². The summed E-state index contributed by atoms with van der Waals surface area (Å²) in [6.45, 7) is 2.08. The molecule has 29 heavy (non-hydrogen) atoms. The Balaban J connectivity index is 1.33. The highest BCUT2D eigenvalue weighted by Crippen LogP contribution is 2.38. The minimum atomic E-state index is -0.136. The van der Waals surface area contributed by atoms with Crippen LogP contribution in [0.1, 0.15) is 42.9 Å². The third-order valence-electron chi connectivity index (χ3n) is 5.05. The summed E-state index contributed by atoms with van der Waals surface area (Å²) in [4.78, 5) is 16.9. The van der Waals surface area contributed by atoms with Crippen molar-refractivity contribution >= 4 is 17.2 Å². The number of carbonyl (C=O) groups is 1. The Bertz CT molecular complexity index is 1190. The SMILES string of the molecule is CCc1cccc(NC(=O)Cc2nnc3cc(-c4nc(C5CC5)no4)ccn23)c1. The number of nitrogens with one attached hydrogen (secondary N) is 1. The Labute approximate surface area is 167 Å². The first-order valence-corrected chi connectivity index (χ1v) is 9.76. The van der Waals surface area contributed by atoms with Gasteiger partial charge in [0.25, 0.3) is 5.89 Å². The number of hydrogen-bond donors (Lipinski definition) is 1. The van der Waals surface area contributed by atoms with E-state index in [1.54, 1.807) is 4.40 Å². The molecule has 4 aromatic rings. The molecule has 5 rings (SSSR count). The lowest BCUT2D eigenvalue weighted by molar-refractivity contribution is -0.115. The molecule has 3 heterocycles. The zero-order valence-electron chi connectivity index (χ0n) is 16.0. The molecule has 1 amide bonds. The maximum atomic E-state index is 12.5. The second-order valence-electron chi connectivity index (χ2n) is 7.27. The van der Waals surface area contributed by atoms with Gasteiger partial charge < -0.3 is 9.84 Å². The molecule has 1 aromatic carbocycles. The van der Waals surface area contributed by atoms with Gasteiger partial charge >= 0.3 is 0 Å². The Kier molecular flexibility index (Phi) is 4.31. The van der Waals surface area contributed by atoms with Crippen LogP contribution in [0.5, 0.6) is 0 Å². The van der Waals surface area contributed by atoms with Crippen molar-refractivity contribution in [2.45, 2.75) is 38.5 Å². The van der Waals surface area contributed by atoms with Gasteiger partial charge in [-0.2, -0.15) is 4.98 Å². The third kappa shape index (κ3) is 3.61. The van der Waals surface area contributed by atoms with Gasteiger partial charge in [0.05, 0.1) is 6.42 Å². The van der Waals surface area contributed by atoms with Gasteiger partial charge in [-0.15, -0.1) is 10.2 Å². The maximum absolute atomic E-state index is 12.5. The van der Waals surface area contributed by atoms with E-state index in [1.807, 2.05) is 42.6 Å². The van der Waals surface area contributed by atoms with Crippen LogP contribution in [0.25, 0.3) is 17.1 Å². The molecule has 0 aliphatic heterocycles. The Morgan fingerprint density at radius 2 is 2.14 bits per heavy atom. The number of pyridine rings is 1. The molecule has 1 saturated carbocycles. The molecule has 1 aliphatic carbocycles. The smallest absolute Gasteiger partial charge is 0.258 e. The first-order valence-electron chi connectivity index (χ1n) is 9.76. The third-order valence-corrected chi connectivity index (χ3v) is 5.05. The highest BCUT2D eigenvalue weighted by atomic mass is 16.5. The van der Waals surface area contributed by atoms with Crippen molar-refractivity contribution in [2.75, 3.05) is 5.32 Å². The molecular weight excluding hydrogens is 368 g/mol. The molecule has 0 radical (unpaired) electrons. The molecule has 0 spiro atoms. The van der Waals surface area contributed by atoms with Gasteiger partial charge in [0, 0.05) is 23.4 Å². The van der Waals surface area contributed by atoms with Gasteiger partial charge in [-0.05, 0) is 49.1 Å². The molecule has 1 aliphatic rings. The standard InChI is InChI=1S/C21H20N6O2/c1-2-13-4-3-5-16(10-13)22-19(28)12-18-25-24-17-11-15(8-9-27(17)18)21-23-20(26-29-21)14-6-7-14/h3-5,8-11,14H,2,6-7,12H2,1H3,(H,22,28). The van der Waals surface area contributed by atoms with Crippen LogP contribution in [0.15, 0.2) is 47.1 Å². The fourth-order valence-electron chi connectivity index (χ4n) is 3.27. The summed E-state index contributed by atoms with van der Waals surface area (Å²) >= 11 is 0. The van der Waals surface area contributed by atoms with Crippen LogP contribution < -0.4 is 5.32 Å². The zero-order valence-corrected chi connectivity index (χ0v) is 16.0. The van der Waals surface area contributed by atoms with E-state index in [2.05, 4.69) is 32.6 Å². The van der Waals surface area contributed by atoms with Crippen LogP contribution in [0, 0.1) is 0 Å². The molecule has 0 bridgehead atoms. The van der Waals surface area contributed by atoms with Crippen LogP contribution in [0.3, 0.4) is 0 Å². The van der Waals surface area contributed by atoms with Crippen LogP contribution in [-0.2, 0) is 17.6 Å². The maximum Gasteiger partial charge on any atom is 0.258 e. The number of nitrogens with zero attached hydrogens (tertiary/aromatic N) is 5. The number of benzene rings is 1. The highest BCUT2D eigenvalue weighted by molar-refractivity contribution is 5.92. The topological polar surface area (TPSA) is 98.2 Å². The van der Waals surface area contributed by atoms with Crippen molar-refractivity contribution in [3.8, 4) is 11.5 Å². The normalized spacial score (nSPS) is 13.7. The van der Waals surface area contributed by atoms with E-state index in [-0.39, 0.29) is 12.3 Å². The Morgan fingerprint density at radius 3 is 2.97 bits per heavy atom. The molecule has 1 N–H and O–H groups in total. The van der Waals surface area contributed by atoms with E-state index in [0.717, 1.165) is 36.3 Å². The van der Waals surface area contributed by atoms with Gasteiger partial charge in [-0.3, -0.25) is 9.20 Å². The minimum absolute atomic E-state index is 0.128. The van der Waals surface area contributed by atoms with E-state index in [9.17, 15) is 4.79 Å². The molecule has 8 heteroatoms. The van der Waals surface area contributed by atoms with Crippen molar-refractivity contribution < 1.29 is 9.32 Å². The lowest BCUT2D eigenvalue weighted by atomic mass is 10.1. The van der Waals surface area contributed by atoms with Gasteiger partial charge in [-0.25, -0.2) is 0 Å². The predicted molar refractivity (Wildman–Crippen MR) is 106 cm³/mol. The summed E-state index contributed by atoms with van der Waals surface area (Å²) in [5, 5.41) is 15.3. The highest BCUT2D eigenvalue weighted by Gasteiger charge is 2.29. The average Bonchev–Trinajstić information content (AvgIpc) is 3.34. The van der Waals surface area contributed by atoms with E-state index in [4.69, 9.17) is 4.52 Å². The summed E-state index contributed by atoms with van der Waals surface area (Å²) in [7, 11) is 0. The summed E-state index contributed by atoms with van der Waals surface area (Å²) in [5.41, 5.74) is 3.38. The van der Waals surface area contributed by atoms with E-state index in [1.165, 1.54) is 5.56 Å². The fourth-order valence-corrected chi connectivity index (χ4v) is 3.27. The second-order valence-corrected chi connectivity index (χ2v) is 7.27. The lowest BCUT2D eigenvalue weighted by Gasteiger charge is -2.06. The molecular formula is C21H20N6O2. The fraction of sp³-hybridized carbons (Fsp3) is 0.286. The summed E-state index contributed by atoms with van der Waals surface area (Å²) in [5.74, 6) is 2.12. The number of aromatic nitrogens is 5. The predicted octanol–water partition coefficient (Wildman–Crippen LogP) is 3.40. The number of aryl methyl sites for hydroxylation is 1. The van der Waals surface area contributed by atoms with Gasteiger partial charge in [0.2, 0.25) is 5.91 Å². The molecule has 0 saturated heterocycles. The van der Waals surface area contributed by atoms with Gasteiger partial charge in [-0.1, -0.05) is 24.2 Å². The Morgan fingerprint density at radius 1 is 1.24 bits per heavy atom. The van der Waals surface area contributed by atoms with Crippen LogP contribution in [0.4, 0.5) is 5.69 Å². The first-order chi connectivity index (χ1) is 14.2. The number of rotatable bonds is 6. The van der Waals surface area contributed by atoms with Gasteiger partial charge in [0.15, 0.2) is 11.5 Å². The van der Waals surface area contributed by atoms with E-state index >= 15 is 0 Å². The molecule has 1 fully saturated rings. The summed E-state index contributed by atoms with van der Waals surface area (Å²) in [6, 6.07) is 11.5. The lowest BCUT2D eigenvalue weighted by Crippen LogP contribution is -2.16. The monoisotopic (exact) mass is 388 g/mol. The van der Waals surface area contributed by atoms with Crippen LogP contribution in [0.2, 0.25) is 0 Å². The molecule has 0 atom stereocenters. The Hall–Kier alpha value is -3.55.